The quantitative estimate of drug-likeness (QED) is 0.179. The third-order valence-corrected chi connectivity index (χ3v) is 15.7. The molecule has 40 heavy (non-hydrogen) atoms. The molecule has 0 aliphatic heterocycles. The van der Waals surface area contributed by atoms with Gasteiger partial charge in [0.15, 0.2) is 21.0 Å². The van der Waals surface area contributed by atoms with Crippen LogP contribution in [0.1, 0.15) is 71.1 Å². The standard InChI is InChI=1S/C30H42N2O6SSi/c1-8-24(27(33)28-32-25-16-12-13-17-26(25)37-28)30(29(31)34,38-40(20(2)3,21(4)5)22(6)7)19-39(35,36)18-23-14-10-9-11-15-23/h9-17,20-22,24H,8,18-19H2,1-7H3,(H2,31,34)/t24-,30?/m1/s1. The number of hydrogen-bond donors (Lipinski definition) is 1. The fourth-order valence-electron chi connectivity index (χ4n) is 6.22. The molecule has 2 atom stereocenters. The van der Waals surface area contributed by atoms with Crippen LogP contribution in [0.15, 0.2) is 59.0 Å². The molecule has 218 valence electrons. The largest absolute Gasteiger partial charge is 0.434 e. The zero-order chi connectivity index (χ0) is 29.9. The number of Topliss-reactive ketones (excluding diaryl/α,β-unsaturated/α-hetero) is 1. The number of primary amides is 1. The first-order valence-corrected chi connectivity index (χ1v) is 17.8. The summed E-state index contributed by atoms with van der Waals surface area (Å²) in [4.78, 5) is 32.1. The van der Waals surface area contributed by atoms with Gasteiger partial charge in [0.1, 0.15) is 5.52 Å². The lowest BCUT2D eigenvalue weighted by molar-refractivity contribution is -0.136. The van der Waals surface area contributed by atoms with Gasteiger partial charge in [-0.25, -0.2) is 13.4 Å². The second-order valence-electron chi connectivity index (χ2n) is 11.5. The normalized spacial score (nSPS) is 15.1. The van der Waals surface area contributed by atoms with Crippen molar-refractivity contribution in [3.8, 4) is 0 Å². The highest BCUT2D eigenvalue weighted by molar-refractivity contribution is 7.90. The number of nitrogens with zero attached hydrogens (tertiary/aromatic N) is 1. The molecule has 0 spiro atoms. The molecule has 3 aromatic rings. The van der Waals surface area contributed by atoms with Crippen LogP contribution in [0.2, 0.25) is 16.6 Å². The van der Waals surface area contributed by atoms with Crippen molar-refractivity contribution in [3.63, 3.8) is 0 Å². The Morgan fingerprint density at radius 3 is 2.00 bits per heavy atom. The van der Waals surface area contributed by atoms with E-state index < -0.39 is 47.1 Å². The summed E-state index contributed by atoms with van der Waals surface area (Å²) in [5, 5.41) is 0. The maximum Gasteiger partial charge on any atom is 0.264 e. The van der Waals surface area contributed by atoms with Crippen molar-refractivity contribution < 1.29 is 26.9 Å². The van der Waals surface area contributed by atoms with Crippen molar-refractivity contribution in [3.05, 3.63) is 66.1 Å². The van der Waals surface area contributed by atoms with Crippen molar-refractivity contribution >= 4 is 40.9 Å². The molecule has 1 unspecified atom stereocenters. The SMILES string of the molecule is CC[C@H](C(=O)c1nc2ccccc2o1)C(CS(=O)(=O)Cc1ccccc1)(O[Si](C(C)C)(C(C)C)C(C)C)C(N)=O. The van der Waals surface area contributed by atoms with Gasteiger partial charge in [-0.1, -0.05) is 90.9 Å². The van der Waals surface area contributed by atoms with Crippen LogP contribution in [0.3, 0.4) is 0 Å². The van der Waals surface area contributed by atoms with Gasteiger partial charge in [0.05, 0.1) is 17.4 Å². The molecule has 1 aromatic heterocycles. The number of benzene rings is 2. The molecule has 10 heteroatoms. The van der Waals surface area contributed by atoms with Gasteiger partial charge in [-0.05, 0) is 40.7 Å². The molecule has 0 aliphatic rings. The molecule has 0 radical (unpaired) electrons. The van der Waals surface area contributed by atoms with Crippen LogP contribution in [-0.2, 0) is 24.8 Å². The Morgan fingerprint density at radius 1 is 0.950 bits per heavy atom. The van der Waals surface area contributed by atoms with Crippen molar-refractivity contribution in [1.82, 2.24) is 4.98 Å². The van der Waals surface area contributed by atoms with Crippen molar-refractivity contribution in [2.75, 3.05) is 5.75 Å². The van der Waals surface area contributed by atoms with E-state index in [0.717, 1.165) is 0 Å². The highest BCUT2D eigenvalue weighted by Gasteiger charge is 2.59. The molecule has 2 N–H and O–H groups in total. The van der Waals surface area contributed by atoms with E-state index >= 15 is 0 Å². The first-order chi connectivity index (χ1) is 18.7. The molecule has 0 bridgehead atoms. The molecule has 1 amide bonds. The van der Waals surface area contributed by atoms with Crippen LogP contribution in [-0.4, -0.2) is 44.8 Å². The number of hydrogen-bond acceptors (Lipinski definition) is 7. The smallest absolute Gasteiger partial charge is 0.264 e. The van der Waals surface area contributed by atoms with E-state index in [9.17, 15) is 18.0 Å². The van der Waals surface area contributed by atoms with Gasteiger partial charge in [0, 0.05) is 0 Å². The van der Waals surface area contributed by atoms with Gasteiger partial charge in [-0.3, -0.25) is 9.59 Å². The Hall–Kier alpha value is -2.82. The summed E-state index contributed by atoms with van der Waals surface area (Å²) in [6.45, 7) is 13.9. The first-order valence-electron chi connectivity index (χ1n) is 13.8. The average Bonchev–Trinajstić information content (AvgIpc) is 3.31. The zero-order valence-electron chi connectivity index (χ0n) is 24.5. The van der Waals surface area contributed by atoms with Crippen LogP contribution in [0.5, 0.6) is 0 Å². The highest BCUT2D eigenvalue weighted by atomic mass is 32.2. The van der Waals surface area contributed by atoms with Crippen LogP contribution in [0.4, 0.5) is 0 Å². The summed E-state index contributed by atoms with van der Waals surface area (Å²) in [6, 6.07) is 15.7. The maximum atomic E-state index is 14.1. The predicted octanol–water partition coefficient (Wildman–Crippen LogP) is 6.07. The Balaban J connectivity index is 2.24. The van der Waals surface area contributed by atoms with Crippen LogP contribution in [0, 0.1) is 5.92 Å². The molecule has 2 aromatic carbocycles. The lowest BCUT2D eigenvalue weighted by Crippen LogP contribution is -2.65. The number of aromatic nitrogens is 1. The number of oxazole rings is 1. The van der Waals surface area contributed by atoms with Crippen LogP contribution >= 0.6 is 0 Å². The van der Waals surface area contributed by atoms with Gasteiger partial charge >= 0.3 is 0 Å². The number of para-hydroxylation sites is 2. The minimum atomic E-state index is -3.99. The van der Waals surface area contributed by atoms with E-state index in [1.54, 1.807) is 61.5 Å². The first kappa shape index (κ1) is 31.7. The highest BCUT2D eigenvalue weighted by Crippen LogP contribution is 2.47. The number of carbonyl (C=O) groups is 2. The van der Waals surface area contributed by atoms with E-state index in [1.165, 1.54) is 0 Å². The molecular formula is C30H42N2O6SSi. The lowest BCUT2D eigenvalue weighted by atomic mass is 9.82. The Labute approximate surface area is 238 Å². The second kappa shape index (κ2) is 12.4. The van der Waals surface area contributed by atoms with Crippen molar-refractivity contribution in [1.29, 1.82) is 0 Å². The number of sulfone groups is 1. The molecular weight excluding hydrogens is 544 g/mol. The van der Waals surface area contributed by atoms with Crippen molar-refractivity contribution in [2.45, 2.75) is 82.9 Å². The second-order valence-corrected chi connectivity index (χ2v) is 18.9. The molecule has 8 nitrogen and oxygen atoms in total. The fraction of sp³-hybridized carbons (Fsp3) is 0.500. The van der Waals surface area contributed by atoms with E-state index in [1.807, 2.05) is 41.5 Å². The van der Waals surface area contributed by atoms with Crippen molar-refractivity contribution in [2.24, 2.45) is 11.7 Å². The van der Waals surface area contributed by atoms with E-state index in [4.69, 9.17) is 14.6 Å². The Bertz CT molecular complexity index is 1380. The monoisotopic (exact) mass is 586 g/mol. The Morgan fingerprint density at radius 2 is 1.50 bits per heavy atom. The summed E-state index contributed by atoms with van der Waals surface area (Å²) >= 11 is 0. The number of amides is 1. The summed E-state index contributed by atoms with van der Waals surface area (Å²) < 4.78 is 40.4. The summed E-state index contributed by atoms with van der Waals surface area (Å²) in [5.41, 5.74) is 5.49. The van der Waals surface area contributed by atoms with Crippen LogP contribution < -0.4 is 5.73 Å². The molecule has 0 fully saturated rings. The minimum absolute atomic E-state index is 0.0000126. The number of ketones is 1. The maximum absolute atomic E-state index is 14.1. The number of fused-ring (bicyclic) bond motifs is 1. The number of rotatable bonds is 14. The number of carbonyl (C=O) groups excluding carboxylic acids is 2. The van der Waals surface area contributed by atoms with Gasteiger partial charge in [-0.2, -0.15) is 0 Å². The summed E-state index contributed by atoms with van der Waals surface area (Å²) in [7, 11) is -6.93. The minimum Gasteiger partial charge on any atom is -0.434 e. The average molecular weight is 587 g/mol. The van der Waals surface area contributed by atoms with Gasteiger partial charge in [-0.15, -0.1) is 0 Å². The van der Waals surface area contributed by atoms with Crippen LogP contribution in [0.25, 0.3) is 11.1 Å². The third kappa shape index (κ3) is 6.24. The van der Waals surface area contributed by atoms with Gasteiger partial charge in [0.2, 0.25) is 20.0 Å². The topological polar surface area (TPSA) is 130 Å². The third-order valence-electron chi connectivity index (χ3n) is 7.94. The van der Waals surface area contributed by atoms with Gasteiger partial charge in [0.25, 0.3) is 5.89 Å². The predicted molar refractivity (Wildman–Crippen MR) is 160 cm³/mol. The molecule has 0 aliphatic carbocycles. The molecule has 1 heterocycles. The molecule has 0 saturated heterocycles. The lowest BCUT2D eigenvalue weighted by Gasteiger charge is -2.50. The Kier molecular flexibility index (Phi) is 9.80. The van der Waals surface area contributed by atoms with E-state index in [2.05, 4.69) is 4.98 Å². The van der Waals surface area contributed by atoms with E-state index in [-0.39, 0.29) is 34.7 Å². The molecule has 3 rings (SSSR count). The molecule has 0 saturated carbocycles. The fourth-order valence-corrected chi connectivity index (χ4v) is 13.8. The number of nitrogens with two attached hydrogens (primary N) is 1. The van der Waals surface area contributed by atoms with Gasteiger partial charge < -0.3 is 14.6 Å². The van der Waals surface area contributed by atoms with E-state index in [0.29, 0.717) is 16.7 Å². The summed E-state index contributed by atoms with van der Waals surface area (Å²) in [6.07, 6.45) is 0.0973. The zero-order valence-corrected chi connectivity index (χ0v) is 26.3. The summed E-state index contributed by atoms with van der Waals surface area (Å²) in [5.74, 6) is -4.05.